The number of methoxy groups -OCH3 is 1. The van der Waals surface area contributed by atoms with E-state index in [9.17, 15) is 4.79 Å². The number of ether oxygens (including phenoxy) is 1. The number of hydrogen-bond donors (Lipinski definition) is 1. The van der Waals surface area contributed by atoms with Crippen LogP contribution in [0.1, 0.15) is 105 Å². The van der Waals surface area contributed by atoms with E-state index in [-0.39, 0.29) is 11.8 Å². The zero-order chi connectivity index (χ0) is 29.4. The molecule has 0 bridgehead atoms. The number of benzene rings is 2. The van der Waals surface area contributed by atoms with Gasteiger partial charge in [0.2, 0.25) is 5.91 Å². The first-order valence-corrected chi connectivity index (χ1v) is 15.7. The van der Waals surface area contributed by atoms with Crippen LogP contribution in [-0.2, 0) is 24.3 Å². The minimum absolute atomic E-state index is 0.144. The molecule has 1 fully saturated rings. The summed E-state index contributed by atoms with van der Waals surface area (Å²) in [6.07, 6.45) is 4.81. The Morgan fingerprint density at radius 3 is 2.54 bits per heavy atom. The van der Waals surface area contributed by atoms with Gasteiger partial charge in [0.1, 0.15) is 5.75 Å². The summed E-state index contributed by atoms with van der Waals surface area (Å²) in [6.45, 7) is 14.7. The average molecular weight is 558 g/mol. The monoisotopic (exact) mass is 557 g/mol. The first kappa shape index (κ1) is 29.8. The fraction of sp³-hybridized carbons (Fsp3) is 0.583. The summed E-state index contributed by atoms with van der Waals surface area (Å²) in [5.74, 6) is 3.25. The van der Waals surface area contributed by atoms with Crippen molar-refractivity contribution in [1.82, 2.24) is 15.1 Å². The van der Waals surface area contributed by atoms with Gasteiger partial charge in [0.05, 0.1) is 7.11 Å². The molecule has 1 N–H and O–H groups in total. The topological polar surface area (TPSA) is 44.8 Å². The van der Waals surface area contributed by atoms with E-state index in [1.54, 1.807) is 0 Å². The molecular weight excluding hydrogens is 506 g/mol. The number of carbonyl (C=O) groups excluding carboxylic acids is 1. The van der Waals surface area contributed by atoms with Crippen molar-refractivity contribution in [3.63, 3.8) is 0 Å². The van der Waals surface area contributed by atoms with Crippen LogP contribution in [0, 0.1) is 11.8 Å². The number of hydrogen-bond acceptors (Lipinski definition) is 4. The zero-order valence-corrected chi connectivity index (χ0v) is 26.6. The van der Waals surface area contributed by atoms with Crippen molar-refractivity contribution in [2.75, 3.05) is 34.3 Å². The molecule has 1 amide bonds. The minimum atomic E-state index is 0.144. The molecule has 5 nitrogen and oxygen atoms in total. The van der Waals surface area contributed by atoms with Crippen molar-refractivity contribution in [2.24, 2.45) is 11.8 Å². The van der Waals surface area contributed by atoms with E-state index in [2.05, 4.69) is 75.3 Å². The van der Waals surface area contributed by atoms with Crippen molar-refractivity contribution in [3.8, 4) is 5.75 Å². The number of amides is 1. The molecule has 0 spiro atoms. The van der Waals surface area contributed by atoms with E-state index in [4.69, 9.17) is 4.74 Å². The Hall–Kier alpha value is -2.63. The molecule has 0 radical (unpaired) electrons. The molecule has 5 heteroatoms. The van der Waals surface area contributed by atoms with Gasteiger partial charge in [-0.3, -0.25) is 9.69 Å². The van der Waals surface area contributed by atoms with Crippen LogP contribution in [0.5, 0.6) is 5.75 Å². The average Bonchev–Trinajstić information content (AvgIpc) is 2.93. The Bertz CT molecular complexity index is 1310. The smallest absolute Gasteiger partial charge is 0.249 e. The maximum absolute atomic E-state index is 12.6. The molecule has 3 aliphatic rings. The Morgan fingerprint density at radius 1 is 1.10 bits per heavy atom. The lowest BCUT2D eigenvalue weighted by Crippen LogP contribution is -2.37. The predicted molar refractivity (Wildman–Crippen MR) is 168 cm³/mol. The summed E-state index contributed by atoms with van der Waals surface area (Å²) in [4.78, 5) is 16.9. The van der Waals surface area contributed by atoms with Gasteiger partial charge >= 0.3 is 0 Å². The van der Waals surface area contributed by atoms with E-state index < -0.39 is 0 Å². The van der Waals surface area contributed by atoms with Gasteiger partial charge in [-0.15, -0.1) is 0 Å². The molecule has 222 valence electrons. The Labute approximate surface area is 248 Å². The number of nitrogens with one attached hydrogen (secondary N) is 1. The summed E-state index contributed by atoms with van der Waals surface area (Å²) in [7, 11) is 5.97. The second-order valence-electron chi connectivity index (χ2n) is 13.6. The molecular formula is C36H51N3O2. The normalized spacial score (nSPS) is 24.6. The third kappa shape index (κ3) is 6.12. The summed E-state index contributed by atoms with van der Waals surface area (Å²) in [6, 6.07) is 12.3. The Morgan fingerprint density at radius 2 is 1.88 bits per heavy atom. The van der Waals surface area contributed by atoms with Gasteiger partial charge in [-0.05, 0) is 105 Å². The largest absolute Gasteiger partial charge is 0.496 e. The second kappa shape index (κ2) is 12.3. The van der Waals surface area contributed by atoms with Gasteiger partial charge in [0, 0.05) is 49.8 Å². The Kier molecular flexibility index (Phi) is 8.96. The molecule has 0 saturated heterocycles. The molecule has 4 atom stereocenters. The maximum atomic E-state index is 12.6. The molecule has 5 rings (SSSR count). The molecule has 4 unspecified atom stereocenters. The van der Waals surface area contributed by atoms with Crippen molar-refractivity contribution in [2.45, 2.75) is 91.3 Å². The Balaban J connectivity index is 1.44. The highest BCUT2D eigenvalue weighted by molar-refractivity contribution is 5.94. The lowest BCUT2D eigenvalue weighted by atomic mass is 9.69. The van der Waals surface area contributed by atoms with E-state index >= 15 is 0 Å². The molecule has 1 aliphatic carbocycles. The quantitative estimate of drug-likeness (QED) is 0.362. The van der Waals surface area contributed by atoms with Gasteiger partial charge < -0.3 is 15.0 Å². The van der Waals surface area contributed by atoms with E-state index in [1.165, 1.54) is 58.2 Å². The van der Waals surface area contributed by atoms with Crippen molar-refractivity contribution in [1.29, 1.82) is 0 Å². The SMILES string of the molecule is COc1cc(C2CN(C)C(=O)C(C)=C2C)cc(C2CCC2C)c1CN(C)Cc1ccc2c(c1)C(CC(C)C)NCC2. The summed E-state index contributed by atoms with van der Waals surface area (Å²) >= 11 is 0. The van der Waals surface area contributed by atoms with Gasteiger partial charge in [-0.1, -0.05) is 50.6 Å². The van der Waals surface area contributed by atoms with Crippen LogP contribution in [-0.4, -0.2) is 50.0 Å². The molecule has 2 aromatic rings. The molecule has 41 heavy (non-hydrogen) atoms. The molecule has 0 aromatic heterocycles. The van der Waals surface area contributed by atoms with Crippen LogP contribution in [0.15, 0.2) is 41.5 Å². The standard InChI is InChI=1S/C36H51N3O2/c1-22(2)15-34-30-16-26(10-11-27(30)13-14-37-34)19-38(6)20-33-31(29-12-9-23(29)3)17-28(18-35(33)41-8)32-21-39(7)36(40)25(5)24(32)4/h10-11,16-18,22-23,29,32,34,37H,9,12-15,19-21H2,1-8H3. The second-order valence-corrected chi connectivity index (χ2v) is 13.6. The highest BCUT2D eigenvalue weighted by atomic mass is 16.5. The first-order valence-electron chi connectivity index (χ1n) is 15.7. The van der Waals surface area contributed by atoms with Crippen molar-refractivity contribution >= 4 is 5.91 Å². The van der Waals surface area contributed by atoms with Gasteiger partial charge in [-0.25, -0.2) is 0 Å². The number of carbonyl (C=O) groups is 1. The van der Waals surface area contributed by atoms with E-state index in [0.717, 1.165) is 43.9 Å². The maximum Gasteiger partial charge on any atom is 0.249 e. The first-order chi connectivity index (χ1) is 19.6. The molecule has 2 heterocycles. The van der Waals surface area contributed by atoms with Crippen molar-refractivity contribution < 1.29 is 9.53 Å². The van der Waals surface area contributed by atoms with Crippen LogP contribution in [0.3, 0.4) is 0 Å². The number of fused-ring (bicyclic) bond motifs is 1. The number of nitrogens with zero attached hydrogens (tertiary/aromatic N) is 2. The highest BCUT2D eigenvalue weighted by Gasteiger charge is 2.34. The summed E-state index contributed by atoms with van der Waals surface area (Å²) in [5, 5.41) is 3.77. The molecule has 2 aliphatic heterocycles. The zero-order valence-electron chi connectivity index (χ0n) is 26.6. The van der Waals surface area contributed by atoms with Crippen LogP contribution in [0.2, 0.25) is 0 Å². The molecule has 2 aromatic carbocycles. The fourth-order valence-electron chi connectivity index (χ4n) is 7.37. The van der Waals surface area contributed by atoms with Crippen LogP contribution in [0.4, 0.5) is 0 Å². The van der Waals surface area contributed by atoms with Gasteiger partial charge in [-0.2, -0.15) is 0 Å². The van der Waals surface area contributed by atoms with E-state index in [0.29, 0.717) is 23.8 Å². The van der Waals surface area contributed by atoms with E-state index in [1.807, 2.05) is 26.0 Å². The van der Waals surface area contributed by atoms with Crippen molar-refractivity contribution in [3.05, 3.63) is 74.9 Å². The summed E-state index contributed by atoms with van der Waals surface area (Å²) in [5.41, 5.74) is 10.5. The van der Waals surface area contributed by atoms with Crippen LogP contribution >= 0.6 is 0 Å². The number of rotatable bonds is 9. The van der Waals surface area contributed by atoms with Gasteiger partial charge in [0.15, 0.2) is 0 Å². The minimum Gasteiger partial charge on any atom is -0.496 e. The fourth-order valence-corrected chi connectivity index (χ4v) is 7.37. The predicted octanol–water partition coefficient (Wildman–Crippen LogP) is 6.97. The van der Waals surface area contributed by atoms with Crippen LogP contribution in [0.25, 0.3) is 0 Å². The lowest BCUT2D eigenvalue weighted by molar-refractivity contribution is -0.126. The van der Waals surface area contributed by atoms with Crippen LogP contribution < -0.4 is 10.1 Å². The number of likely N-dealkylation sites (N-methyl/N-ethyl adjacent to an activating group) is 1. The molecule has 1 saturated carbocycles. The third-order valence-corrected chi connectivity index (χ3v) is 10.1. The third-order valence-electron chi connectivity index (χ3n) is 10.1. The highest BCUT2D eigenvalue weighted by Crippen LogP contribution is 2.47. The lowest BCUT2D eigenvalue weighted by Gasteiger charge is -2.38. The van der Waals surface area contributed by atoms with Gasteiger partial charge in [0.25, 0.3) is 0 Å². The summed E-state index contributed by atoms with van der Waals surface area (Å²) < 4.78 is 6.13.